The number of Topliss-reactive ketones (excluding diaryl/α,β-unsaturated/α-hetero) is 1. The standard InChI is InChI=1S/C10H9ClN2O2/c11-6-2-1-3-7-9(6)10(8(15)4-14)13-5-12-7/h1-4,10,12-13H,5H2. The summed E-state index contributed by atoms with van der Waals surface area (Å²) in [5.74, 6) is -0.508. The first-order valence-electron chi connectivity index (χ1n) is 4.48. The summed E-state index contributed by atoms with van der Waals surface area (Å²) in [5.41, 5.74) is 1.43. The van der Waals surface area contributed by atoms with Crippen molar-refractivity contribution in [3.63, 3.8) is 0 Å². The summed E-state index contributed by atoms with van der Waals surface area (Å²) in [5, 5.41) is 6.42. The lowest BCUT2D eigenvalue weighted by Crippen LogP contribution is -2.38. The minimum Gasteiger partial charge on any atom is -0.372 e. The number of aldehydes is 1. The van der Waals surface area contributed by atoms with Crippen molar-refractivity contribution in [3.8, 4) is 0 Å². The fourth-order valence-electron chi connectivity index (χ4n) is 1.65. The molecule has 1 heterocycles. The van der Waals surface area contributed by atoms with Crippen LogP contribution in [0.25, 0.3) is 0 Å². The van der Waals surface area contributed by atoms with Crippen molar-refractivity contribution in [1.82, 2.24) is 5.32 Å². The number of hydrogen-bond donors (Lipinski definition) is 2. The molecule has 1 unspecified atom stereocenters. The average Bonchev–Trinajstić information content (AvgIpc) is 2.28. The van der Waals surface area contributed by atoms with Gasteiger partial charge in [0.2, 0.25) is 5.78 Å². The molecule has 0 aliphatic carbocycles. The number of anilines is 1. The van der Waals surface area contributed by atoms with Gasteiger partial charge in [-0.1, -0.05) is 17.7 Å². The molecular formula is C10H9ClN2O2. The van der Waals surface area contributed by atoms with E-state index >= 15 is 0 Å². The molecule has 0 bridgehead atoms. The van der Waals surface area contributed by atoms with Gasteiger partial charge < -0.3 is 5.32 Å². The maximum absolute atomic E-state index is 11.4. The van der Waals surface area contributed by atoms with Gasteiger partial charge in [0.1, 0.15) is 6.04 Å². The number of benzene rings is 1. The highest BCUT2D eigenvalue weighted by Gasteiger charge is 2.27. The fourth-order valence-corrected chi connectivity index (χ4v) is 1.93. The van der Waals surface area contributed by atoms with E-state index in [1.165, 1.54) is 0 Å². The number of carbonyl (C=O) groups is 2. The first-order chi connectivity index (χ1) is 7.24. The molecule has 2 N–H and O–H groups in total. The van der Waals surface area contributed by atoms with Crippen LogP contribution in [0.4, 0.5) is 5.69 Å². The second-order valence-electron chi connectivity index (χ2n) is 3.21. The maximum atomic E-state index is 11.4. The van der Waals surface area contributed by atoms with Crippen molar-refractivity contribution in [3.05, 3.63) is 28.8 Å². The average molecular weight is 225 g/mol. The van der Waals surface area contributed by atoms with Gasteiger partial charge in [0.25, 0.3) is 0 Å². The van der Waals surface area contributed by atoms with Crippen molar-refractivity contribution in [2.45, 2.75) is 6.04 Å². The smallest absolute Gasteiger partial charge is 0.216 e. The number of fused-ring (bicyclic) bond motifs is 1. The summed E-state index contributed by atoms with van der Waals surface area (Å²) >= 11 is 5.99. The van der Waals surface area contributed by atoms with Crippen LogP contribution in [-0.2, 0) is 9.59 Å². The summed E-state index contributed by atoms with van der Waals surface area (Å²) in [6, 6.07) is 4.68. The Balaban J connectivity index is 2.49. The summed E-state index contributed by atoms with van der Waals surface area (Å²) < 4.78 is 0. The third kappa shape index (κ3) is 1.73. The second-order valence-corrected chi connectivity index (χ2v) is 3.62. The zero-order valence-electron chi connectivity index (χ0n) is 7.79. The number of carbonyl (C=O) groups excluding carboxylic acids is 2. The molecule has 0 saturated carbocycles. The third-order valence-corrected chi connectivity index (χ3v) is 2.66. The lowest BCUT2D eigenvalue weighted by Gasteiger charge is -2.26. The number of rotatable bonds is 2. The Hall–Kier alpha value is -1.39. The van der Waals surface area contributed by atoms with Crippen molar-refractivity contribution >= 4 is 29.4 Å². The molecule has 1 atom stereocenters. The van der Waals surface area contributed by atoms with Gasteiger partial charge in [-0.3, -0.25) is 14.9 Å². The Morgan fingerprint density at radius 2 is 2.33 bits per heavy atom. The molecule has 5 heteroatoms. The van der Waals surface area contributed by atoms with Crippen molar-refractivity contribution in [2.75, 3.05) is 12.0 Å². The van der Waals surface area contributed by atoms with Gasteiger partial charge in [0, 0.05) is 16.3 Å². The van der Waals surface area contributed by atoms with Crippen LogP contribution in [0, 0.1) is 0 Å². The van der Waals surface area contributed by atoms with Crippen LogP contribution in [0.15, 0.2) is 18.2 Å². The van der Waals surface area contributed by atoms with E-state index in [2.05, 4.69) is 10.6 Å². The zero-order valence-corrected chi connectivity index (χ0v) is 8.54. The van der Waals surface area contributed by atoms with Gasteiger partial charge in [-0.05, 0) is 12.1 Å². The molecule has 1 aliphatic rings. The Morgan fingerprint density at radius 3 is 3.07 bits per heavy atom. The van der Waals surface area contributed by atoms with Crippen LogP contribution in [-0.4, -0.2) is 18.7 Å². The first kappa shape index (κ1) is 10.1. The van der Waals surface area contributed by atoms with E-state index < -0.39 is 11.8 Å². The van der Waals surface area contributed by atoms with Crippen LogP contribution in [0.5, 0.6) is 0 Å². The Labute approximate surface area is 91.6 Å². The number of halogens is 1. The van der Waals surface area contributed by atoms with Gasteiger partial charge in [0.15, 0.2) is 6.29 Å². The molecule has 78 valence electrons. The van der Waals surface area contributed by atoms with E-state index in [4.69, 9.17) is 11.6 Å². The highest BCUT2D eigenvalue weighted by Crippen LogP contribution is 2.32. The van der Waals surface area contributed by atoms with E-state index in [0.717, 1.165) is 5.69 Å². The number of hydrogen-bond acceptors (Lipinski definition) is 4. The van der Waals surface area contributed by atoms with Crippen LogP contribution in [0.3, 0.4) is 0 Å². The lowest BCUT2D eigenvalue weighted by molar-refractivity contribution is -0.131. The molecule has 2 rings (SSSR count). The quantitative estimate of drug-likeness (QED) is 0.584. The Bertz CT molecular complexity index is 420. The van der Waals surface area contributed by atoms with Crippen molar-refractivity contribution < 1.29 is 9.59 Å². The summed E-state index contributed by atoms with van der Waals surface area (Å²) in [6.45, 7) is 0.442. The van der Waals surface area contributed by atoms with Crippen molar-refractivity contribution in [1.29, 1.82) is 0 Å². The van der Waals surface area contributed by atoms with Crippen LogP contribution in [0.2, 0.25) is 5.02 Å². The van der Waals surface area contributed by atoms with Gasteiger partial charge in [-0.15, -0.1) is 0 Å². The SMILES string of the molecule is O=CC(=O)C1NCNc2cccc(Cl)c21. The third-order valence-electron chi connectivity index (χ3n) is 2.33. The maximum Gasteiger partial charge on any atom is 0.216 e. The predicted octanol–water partition coefficient (Wildman–Crippen LogP) is 1.12. The fraction of sp³-hybridized carbons (Fsp3) is 0.200. The molecule has 1 aromatic carbocycles. The molecule has 0 radical (unpaired) electrons. The Morgan fingerprint density at radius 1 is 1.53 bits per heavy atom. The van der Waals surface area contributed by atoms with E-state index in [0.29, 0.717) is 23.5 Å². The molecule has 0 spiro atoms. The second kappa shape index (κ2) is 4.00. The Kier molecular flexibility index (Phi) is 2.70. The van der Waals surface area contributed by atoms with Crippen LogP contribution in [0.1, 0.15) is 11.6 Å². The molecule has 0 saturated heterocycles. The molecule has 0 aromatic heterocycles. The van der Waals surface area contributed by atoms with E-state index in [1.54, 1.807) is 12.1 Å². The molecule has 15 heavy (non-hydrogen) atoms. The van der Waals surface area contributed by atoms with Gasteiger partial charge in [0.05, 0.1) is 6.67 Å². The molecular weight excluding hydrogens is 216 g/mol. The van der Waals surface area contributed by atoms with Crippen LogP contribution >= 0.6 is 11.6 Å². The number of nitrogens with one attached hydrogen (secondary N) is 2. The summed E-state index contributed by atoms with van der Waals surface area (Å²) in [4.78, 5) is 21.8. The van der Waals surface area contributed by atoms with Crippen LogP contribution < -0.4 is 10.6 Å². The van der Waals surface area contributed by atoms with E-state index in [9.17, 15) is 9.59 Å². The van der Waals surface area contributed by atoms with Gasteiger partial charge >= 0.3 is 0 Å². The normalized spacial score (nSPS) is 18.9. The van der Waals surface area contributed by atoms with Gasteiger partial charge in [-0.25, -0.2) is 0 Å². The summed E-state index contributed by atoms with van der Waals surface area (Å²) in [6.07, 6.45) is 0.316. The highest BCUT2D eigenvalue weighted by molar-refractivity contribution is 6.33. The monoisotopic (exact) mass is 224 g/mol. The lowest BCUT2D eigenvalue weighted by atomic mass is 9.99. The molecule has 1 aromatic rings. The minimum atomic E-state index is -0.632. The zero-order chi connectivity index (χ0) is 10.8. The predicted molar refractivity (Wildman–Crippen MR) is 56.9 cm³/mol. The molecule has 0 amide bonds. The number of ketones is 1. The molecule has 0 fully saturated rings. The van der Waals surface area contributed by atoms with E-state index in [-0.39, 0.29) is 0 Å². The van der Waals surface area contributed by atoms with Crippen molar-refractivity contribution in [2.24, 2.45) is 0 Å². The molecule has 4 nitrogen and oxygen atoms in total. The largest absolute Gasteiger partial charge is 0.372 e. The van der Waals surface area contributed by atoms with Gasteiger partial charge in [-0.2, -0.15) is 0 Å². The molecule has 1 aliphatic heterocycles. The topological polar surface area (TPSA) is 58.2 Å². The highest BCUT2D eigenvalue weighted by atomic mass is 35.5. The minimum absolute atomic E-state index is 0.316. The summed E-state index contributed by atoms with van der Waals surface area (Å²) in [7, 11) is 0. The first-order valence-corrected chi connectivity index (χ1v) is 4.86. The van der Waals surface area contributed by atoms with E-state index in [1.807, 2.05) is 6.07 Å².